The number of hydrogen-bond acceptors (Lipinski definition) is 2. The first-order chi connectivity index (χ1) is 6.36. The van der Waals surface area contributed by atoms with E-state index in [1.54, 1.807) is 11.3 Å². The predicted molar refractivity (Wildman–Crippen MR) is 60.4 cm³/mol. The molecule has 1 unspecified atom stereocenters. The monoisotopic (exact) mass is 197 g/mol. The van der Waals surface area contributed by atoms with E-state index in [1.807, 2.05) is 0 Å². The smallest absolute Gasteiger partial charge is 0.00671 e. The molecule has 0 saturated heterocycles. The van der Waals surface area contributed by atoms with Crippen LogP contribution in [0.25, 0.3) is 0 Å². The van der Waals surface area contributed by atoms with Crippen LogP contribution in [0, 0.1) is 0 Å². The van der Waals surface area contributed by atoms with Crippen LogP contribution in [0.4, 0.5) is 0 Å². The van der Waals surface area contributed by atoms with Crippen molar-refractivity contribution in [1.82, 2.24) is 5.32 Å². The summed E-state index contributed by atoms with van der Waals surface area (Å²) in [7, 11) is 2.06. The van der Waals surface area contributed by atoms with Gasteiger partial charge in [-0.3, -0.25) is 0 Å². The highest BCUT2D eigenvalue weighted by atomic mass is 32.1. The lowest BCUT2D eigenvalue weighted by Crippen LogP contribution is -2.25. The average Bonchev–Trinajstić information content (AvgIpc) is 2.64. The summed E-state index contributed by atoms with van der Waals surface area (Å²) in [5.74, 6) is 0. The van der Waals surface area contributed by atoms with E-state index >= 15 is 0 Å². The topological polar surface area (TPSA) is 12.0 Å². The molecule has 0 saturated carbocycles. The number of hydrogen-bond donors (Lipinski definition) is 1. The third kappa shape index (κ3) is 3.92. The van der Waals surface area contributed by atoms with Crippen molar-refractivity contribution in [2.75, 3.05) is 7.05 Å². The number of rotatable bonds is 6. The van der Waals surface area contributed by atoms with E-state index in [1.165, 1.54) is 31.2 Å². The lowest BCUT2D eigenvalue weighted by Gasteiger charge is -2.14. The second kappa shape index (κ2) is 6.17. The Kier molecular flexibility index (Phi) is 5.09. The van der Waals surface area contributed by atoms with Crippen molar-refractivity contribution in [3.05, 3.63) is 22.4 Å². The second-order valence-corrected chi connectivity index (χ2v) is 4.22. The molecule has 0 fully saturated rings. The fraction of sp³-hybridized carbons (Fsp3) is 0.636. The molecule has 1 aromatic rings. The van der Waals surface area contributed by atoms with Gasteiger partial charge in [-0.05, 0) is 48.7 Å². The predicted octanol–water partition coefficient (Wildman–Crippen LogP) is 3.07. The zero-order valence-corrected chi connectivity index (χ0v) is 9.36. The summed E-state index contributed by atoms with van der Waals surface area (Å²) >= 11 is 1.79. The minimum absolute atomic E-state index is 0.699. The van der Waals surface area contributed by atoms with E-state index in [2.05, 4.69) is 36.1 Å². The zero-order chi connectivity index (χ0) is 9.52. The molecule has 0 aromatic carbocycles. The van der Waals surface area contributed by atoms with Crippen LogP contribution in [0.1, 0.15) is 31.7 Å². The van der Waals surface area contributed by atoms with Crippen LogP contribution in [-0.2, 0) is 6.42 Å². The lowest BCUT2D eigenvalue weighted by atomic mass is 10.0. The fourth-order valence-electron chi connectivity index (χ4n) is 1.56. The van der Waals surface area contributed by atoms with Crippen LogP contribution in [-0.4, -0.2) is 13.1 Å². The average molecular weight is 197 g/mol. The van der Waals surface area contributed by atoms with E-state index in [4.69, 9.17) is 0 Å². The maximum atomic E-state index is 3.37. The Hall–Kier alpha value is -0.340. The maximum absolute atomic E-state index is 3.37. The van der Waals surface area contributed by atoms with Crippen LogP contribution < -0.4 is 5.32 Å². The molecule has 1 nitrogen and oxygen atoms in total. The van der Waals surface area contributed by atoms with E-state index < -0.39 is 0 Å². The molecule has 74 valence electrons. The van der Waals surface area contributed by atoms with Gasteiger partial charge in [-0.2, -0.15) is 11.3 Å². The van der Waals surface area contributed by atoms with Gasteiger partial charge in [0.1, 0.15) is 0 Å². The number of nitrogens with one attached hydrogen (secondary N) is 1. The van der Waals surface area contributed by atoms with Gasteiger partial charge in [-0.25, -0.2) is 0 Å². The first-order valence-corrected chi connectivity index (χ1v) is 5.99. The number of thiophene rings is 1. The third-order valence-corrected chi connectivity index (χ3v) is 3.14. The van der Waals surface area contributed by atoms with Gasteiger partial charge < -0.3 is 5.32 Å². The number of aryl methyl sites for hydroxylation is 1. The highest BCUT2D eigenvalue weighted by Crippen LogP contribution is 2.11. The van der Waals surface area contributed by atoms with Crippen LogP contribution in [0.15, 0.2) is 16.8 Å². The van der Waals surface area contributed by atoms with Gasteiger partial charge in [0.25, 0.3) is 0 Å². The van der Waals surface area contributed by atoms with Crippen LogP contribution in [0.3, 0.4) is 0 Å². The van der Waals surface area contributed by atoms with E-state index in [9.17, 15) is 0 Å². The quantitative estimate of drug-likeness (QED) is 0.739. The Morgan fingerprint density at radius 1 is 1.46 bits per heavy atom. The van der Waals surface area contributed by atoms with E-state index in [-0.39, 0.29) is 0 Å². The second-order valence-electron chi connectivity index (χ2n) is 3.44. The zero-order valence-electron chi connectivity index (χ0n) is 8.55. The molecular weight excluding hydrogens is 178 g/mol. The lowest BCUT2D eigenvalue weighted by molar-refractivity contribution is 0.484. The van der Waals surface area contributed by atoms with Gasteiger partial charge in [-0.1, -0.05) is 13.3 Å². The van der Waals surface area contributed by atoms with Gasteiger partial charge in [0, 0.05) is 6.04 Å². The Labute approximate surface area is 85.2 Å². The standard InChI is InChI=1S/C11H19NS/c1-3-4-11(12-2)6-5-10-7-8-13-9-10/h7-9,11-12H,3-6H2,1-2H3. The molecule has 1 N–H and O–H groups in total. The molecule has 0 bridgehead atoms. The Morgan fingerprint density at radius 2 is 2.31 bits per heavy atom. The van der Waals surface area contributed by atoms with Crippen molar-refractivity contribution in [1.29, 1.82) is 0 Å². The van der Waals surface area contributed by atoms with Crippen molar-refractivity contribution in [2.45, 2.75) is 38.6 Å². The van der Waals surface area contributed by atoms with Gasteiger partial charge in [0.2, 0.25) is 0 Å². The molecule has 0 radical (unpaired) electrons. The SMILES string of the molecule is CCCC(CCc1ccsc1)NC. The van der Waals surface area contributed by atoms with Crippen molar-refractivity contribution >= 4 is 11.3 Å². The van der Waals surface area contributed by atoms with E-state index in [0.717, 1.165) is 0 Å². The fourth-order valence-corrected chi connectivity index (χ4v) is 2.26. The molecule has 0 amide bonds. The van der Waals surface area contributed by atoms with Gasteiger partial charge in [-0.15, -0.1) is 0 Å². The largest absolute Gasteiger partial charge is 0.317 e. The van der Waals surface area contributed by atoms with Crippen LogP contribution in [0.5, 0.6) is 0 Å². The molecule has 1 rings (SSSR count). The summed E-state index contributed by atoms with van der Waals surface area (Å²) in [5.41, 5.74) is 1.49. The molecule has 0 spiro atoms. The summed E-state index contributed by atoms with van der Waals surface area (Å²) in [5, 5.41) is 7.77. The normalized spacial score (nSPS) is 13.1. The first-order valence-electron chi connectivity index (χ1n) is 5.05. The van der Waals surface area contributed by atoms with Crippen molar-refractivity contribution in [3.8, 4) is 0 Å². The molecule has 0 aliphatic carbocycles. The summed E-state index contributed by atoms with van der Waals surface area (Å²) in [6.45, 7) is 2.24. The van der Waals surface area contributed by atoms with Crippen molar-refractivity contribution in [2.24, 2.45) is 0 Å². The molecule has 0 aliphatic heterocycles. The molecule has 1 atom stereocenters. The molecule has 2 heteroatoms. The minimum atomic E-state index is 0.699. The van der Waals surface area contributed by atoms with Gasteiger partial charge >= 0.3 is 0 Å². The van der Waals surface area contributed by atoms with Crippen LogP contribution >= 0.6 is 11.3 Å². The van der Waals surface area contributed by atoms with E-state index in [0.29, 0.717) is 6.04 Å². The first kappa shape index (κ1) is 10.7. The molecular formula is C11H19NS. The summed E-state index contributed by atoms with van der Waals surface area (Å²) in [6, 6.07) is 2.92. The molecule has 1 heterocycles. The molecule has 0 aliphatic rings. The van der Waals surface area contributed by atoms with Gasteiger partial charge in [0.05, 0.1) is 0 Å². The highest BCUT2D eigenvalue weighted by Gasteiger charge is 2.04. The maximum Gasteiger partial charge on any atom is 0.00671 e. The Morgan fingerprint density at radius 3 is 2.85 bits per heavy atom. The summed E-state index contributed by atoms with van der Waals surface area (Å²) in [4.78, 5) is 0. The molecule has 13 heavy (non-hydrogen) atoms. The Balaban J connectivity index is 2.23. The third-order valence-electron chi connectivity index (χ3n) is 2.41. The van der Waals surface area contributed by atoms with Crippen molar-refractivity contribution < 1.29 is 0 Å². The van der Waals surface area contributed by atoms with Crippen molar-refractivity contribution in [3.63, 3.8) is 0 Å². The summed E-state index contributed by atoms with van der Waals surface area (Å²) in [6.07, 6.45) is 5.05. The highest BCUT2D eigenvalue weighted by molar-refractivity contribution is 7.07. The minimum Gasteiger partial charge on any atom is -0.317 e. The molecule has 1 aromatic heterocycles. The van der Waals surface area contributed by atoms with Gasteiger partial charge in [0.15, 0.2) is 0 Å². The Bertz CT molecular complexity index is 206. The van der Waals surface area contributed by atoms with Crippen LogP contribution in [0.2, 0.25) is 0 Å². The summed E-state index contributed by atoms with van der Waals surface area (Å²) < 4.78 is 0.